The fourth-order valence-corrected chi connectivity index (χ4v) is 1.40. The van der Waals surface area contributed by atoms with Gasteiger partial charge in [-0.1, -0.05) is 42.3 Å². The molecule has 1 unspecified atom stereocenters. The molecule has 0 spiro atoms. The molecule has 1 aromatic carbocycles. The molecule has 0 aliphatic carbocycles. The third kappa shape index (κ3) is 5.22. The Balaban J connectivity index is 2.40. The molecule has 1 aromatic rings. The number of alkyl carbamates (subject to hydrolysis) is 1. The normalized spacial score (nSPS) is 10.7. The van der Waals surface area contributed by atoms with Gasteiger partial charge >= 0.3 is 6.09 Å². The first-order valence-corrected chi connectivity index (χ1v) is 5.76. The first-order chi connectivity index (χ1) is 8.76. The van der Waals surface area contributed by atoms with Gasteiger partial charge in [-0.25, -0.2) is 4.79 Å². The molecule has 0 saturated heterocycles. The molecule has 0 aliphatic rings. The molecular formula is C15H17NO2. The van der Waals surface area contributed by atoms with Crippen LogP contribution >= 0.6 is 0 Å². The van der Waals surface area contributed by atoms with Crippen LogP contribution in [0.5, 0.6) is 0 Å². The van der Waals surface area contributed by atoms with Crippen LogP contribution in [0.15, 0.2) is 43.0 Å². The number of nitrogens with one attached hydrogen (secondary N) is 1. The molecule has 0 aliphatic heterocycles. The zero-order chi connectivity index (χ0) is 13.2. The Bertz CT molecular complexity index is 443. The highest BCUT2D eigenvalue weighted by Gasteiger charge is 2.08. The van der Waals surface area contributed by atoms with Crippen molar-refractivity contribution in [3.05, 3.63) is 48.6 Å². The predicted octanol–water partition coefficient (Wildman–Crippen LogP) is 2.88. The molecule has 0 heterocycles. The van der Waals surface area contributed by atoms with Crippen LogP contribution in [0, 0.1) is 11.8 Å². The van der Waals surface area contributed by atoms with E-state index >= 15 is 0 Å². The third-order valence-electron chi connectivity index (χ3n) is 2.23. The SMILES string of the molecule is C=CCC(C#CC)NC(=O)OCc1ccccc1. The van der Waals surface area contributed by atoms with E-state index in [4.69, 9.17) is 4.74 Å². The van der Waals surface area contributed by atoms with Crippen molar-refractivity contribution in [3.63, 3.8) is 0 Å². The molecule has 1 N–H and O–H groups in total. The number of ether oxygens (including phenoxy) is 1. The van der Waals surface area contributed by atoms with Gasteiger partial charge in [-0.2, -0.15) is 0 Å². The minimum Gasteiger partial charge on any atom is -0.445 e. The van der Waals surface area contributed by atoms with Crippen LogP contribution in [0.2, 0.25) is 0 Å². The molecule has 0 bridgehead atoms. The fraction of sp³-hybridized carbons (Fsp3) is 0.267. The number of carbonyl (C=O) groups excluding carboxylic acids is 1. The summed E-state index contributed by atoms with van der Waals surface area (Å²) >= 11 is 0. The van der Waals surface area contributed by atoms with Crippen molar-refractivity contribution in [1.29, 1.82) is 0 Å². The smallest absolute Gasteiger partial charge is 0.408 e. The van der Waals surface area contributed by atoms with Crippen LogP contribution in [-0.2, 0) is 11.3 Å². The Hall–Kier alpha value is -2.21. The number of amides is 1. The number of hydrogen-bond donors (Lipinski definition) is 1. The summed E-state index contributed by atoms with van der Waals surface area (Å²) in [6, 6.07) is 9.29. The van der Waals surface area contributed by atoms with Gasteiger partial charge in [-0.05, 0) is 18.9 Å². The highest BCUT2D eigenvalue weighted by Crippen LogP contribution is 2.01. The maximum Gasteiger partial charge on any atom is 0.408 e. The Morgan fingerprint density at radius 3 is 2.83 bits per heavy atom. The second-order valence-corrected chi connectivity index (χ2v) is 3.68. The third-order valence-corrected chi connectivity index (χ3v) is 2.23. The lowest BCUT2D eigenvalue weighted by molar-refractivity contribution is 0.138. The number of benzene rings is 1. The van der Waals surface area contributed by atoms with Crippen molar-refractivity contribution < 1.29 is 9.53 Å². The standard InChI is InChI=1S/C15H17NO2/c1-3-8-14(9-4-2)16-15(17)18-12-13-10-6-5-7-11-13/h3,5-7,10-11,14H,1,8,12H2,2H3,(H,16,17). The zero-order valence-electron chi connectivity index (χ0n) is 10.5. The molecule has 0 aromatic heterocycles. The second kappa shape index (κ2) is 7.97. The van der Waals surface area contributed by atoms with Crippen molar-refractivity contribution in [2.24, 2.45) is 0 Å². The Morgan fingerprint density at radius 2 is 2.22 bits per heavy atom. The van der Waals surface area contributed by atoms with E-state index in [2.05, 4.69) is 23.7 Å². The van der Waals surface area contributed by atoms with E-state index < -0.39 is 6.09 Å². The van der Waals surface area contributed by atoms with Gasteiger partial charge in [0.15, 0.2) is 0 Å². The van der Waals surface area contributed by atoms with E-state index in [0.29, 0.717) is 6.42 Å². The molecule has 0 fully saturated rings. The average molecular weight is 243 g/mol. The Labute approximate surface area is 108 Å². The molecule has 0 saturated carbocycles. The van der Waals surface area contributed by atoms with Gasteiger partial charge in [0, 0.05) is 0 Å². The molecule has 18 heavy (non-hydrogen) atoms. The fourth-order valence-electron chi connectivity index (χ4n) is 1.40. The Kier molecular flexibility index (Phi) is 6.13. The molecular weight excluding hydrogens is 226 g/mol. The molecule has 3 nitrogen and oxygen atoms in total. The molecule has 1 amide bonds. The summed E-state index contributed by atoms with van der Waals surface area (Å²) in [6.07, 6.45) is 1.85. The molecule has 0 radical (unpaired) electrons. The van der Waals surface area contributed by atoms with Crippen molar-refractivity contribution in [3.8, 4) is 11.8 Å². The van der Waals surface area contributed by atoms with Gasteiger partial charge in [0.2, 0.25) is 0 Å². The summed E-state index contributed by atoms with van der Waals surface area (Å²) in [5.74, 6) is 5.64. The molecule has 3 heteroatoms. The monoisotopic (exact) mass is 243 g/mol. The van der Waals surface area contributed by atoms with Crippen molar-refractivity contribution in [2.45, 2.75) is 26.0 Å². The molecule has 94 valence electrons. The van der Waals surface area contributed by atoms with E-state index in [1.807, 2.05) is 30.3 Å². The van der Waals surface area contributed by atoms with Crippen LogP contribution in [0.3, 0.4) is 0 Å². The van der Waals surface area contributed by atoms with Gasteiger partial charge in [-0.15, -0.1) is 12.5 Å². The maximum atomic E-state index is 11.5. The summed E-state index contributed by atoms with van der Waals surface area (Å²) < 4.78 is 5.10. The molecule has 1 atom stereocenters. The van der Waals surface area contributed by atoms with Crippen LogP contribution < -0.4 is 5.32 Å². The lowest BCUT2D eigenvalue weighted by Gasteiger charge is -2.11. The quantitative estimate of drug-likeness (QED) is 0.638. The Morgan fingerprint density at radius 1 is 1.50 bits per heavy atom. The molecule has 1 rings (SSSR count). The lowest BCUT2D eigenvalue weighted by atomic mass is 10.2. The van der Waals surface area contributed by atoms with E-state index in [1.54, 1.807) is 13.0 Å². The summed E-state index contributed by atoms with van der Waals surface area (Å²) in [6.45, 7) is 5.61. The first kappa shape index (κ1) is 13.9. The summed E-state index contributed by atoms with van der Waals surface area (Å²) in [7, 11) is 0. The topological polar surface area (TPSA) is 38.3 Å². The van der Waals surface area contributed by atoms with Crippen LogP contribution in [0.4, 0.5) is 4.79 Å². The van der Waals surface area contributed by atoms with Gasteiger partial charge in [0.1, 0.15) is 6.61 Å². The number of hydrogen-bond acceptors (Lipinski definition) is 2. The summed E-state index contributed by atoms with van der Waals surface area (Å²) in [4.78, 5) is 11.5. The summed E-state index contributed by atoms with van der Waals surface area (Å²) in [5, 5.41) is 2.68. The second-order valence-electron chi connectivity index (χ2n) is 3.68. The van der Waals surface area contributed by atoms with Gasteiger partial charge in [-0.3, -0.25) is 0 Å². The van der Waals surface area contributed by atoms with Crippen LogP contribution in [0.1, 0.15) is 18.9 Å². The van der Waals surface area contributed by atoms with E-state index in [-0.39, 0.29) is 12.6 Å². The highest BCUT2D eigenvalue weighted by molar-refractivity contribution is 5.68. The number of rotatable bonds is 5. The van der Waals surface area contributed by atoms with Gasteiger partial charge in [0.05, 0.1) is 6.04 Å². The highest BCUT2D eigenvalue weighted by atomic mass is 16.5. The van der Waals surface area contributed by atoms with Gasteiger partial charge < -0.3 is 10.1 Å². The predicted molar refractivity (Wildman–Crippen MR) is 71.8 cm³/mol. The minimum absolute atomic E-state index is 0.240. The van der Waals surface area contributed by atoms with Crippen molar-refractivity contribution in [1.82, 2.24) is 5.32 Å². The lowest BCUT2D eigenvalue weighted by Crippen LogP contribution is -2.33. The van der Waals surface area contributed by atoms with Crippen molar-refractivity contribution >= 4 is 6.09 Å². The van der Waals surface area contributed by atoms with E-state index in [9.17, 15) is 4.79 Å². The largest absolute Gasteiger partial charge is 0.445 e. The number of carbonyl (C=O) groups is 1. The van der Waals surface area contributed by atoms with E-state index in [0.717, 1.165) is 5.56 Å². The minimum atomic E-state index is -0.464. The zero-order valence-corrected chi connectivity index (χ0v) is 10.5. The first-order valence-electron chi connectivity index (χ1n) is 5.76. The maximum absolute atomic E-state index is 11.5. The van der Waals surface area contributed by atoms with Crippen molar-refractivity contribution in [2.75, 3.05) is 0 Å². The van der Waals surface area contributed by atoms with Gasteiger partial charge in [0.25, 0.3) is 0 Å². The summed E-state index contributed by atoms with van der Waals surface area (Å²) in [5.41, 5.74) is 0.953. The van der Waals surface area contributed by atoms with Crippen LogP contribution in [0.25, 0.3) is 0 Å². The average Bonchev–Trinajstić information content (AvgIpc) is 2.38. The van der Waals surface area contributed by atoms with E-state index in [1.165, 1.54) is 0 Å². The van der Waals surface area contributed by atoms with Crippen LogP contribution in [-0.4, -0.2) is 12.1 Å².